The second kappa shape index (κ2) is 7.55. The van der Waals surface area contributed by atoms with Crippen LogP contribution >= 0.6 is 0 Å². The molecule has 1 aliphatic heterocycles. The van der Waals surface area contributed by atoms with E-state index < -0.39 is 0 Å². The van der Waals surface area contributed by atoms with Crippen LogP contribution in [0.25, 0.3) is 0 Å². The number of carbonyl (C=O) groups excluding carboxylic acids is 1. The number of benzene rings is 1. The summed E-state index contributed by atoms with van der Waals surface area (Å²) in [4.78, 5) is 22.2. The molecule has 24 heavy (non-hydrogen) atoms. The van der Waals surface area contributed by atoms with Crippen LogP contribution in [0.15, 0.2) is 42.7 Å². The molecule has 1 N–H and O–H groups in total. The van der Waals surface area contributed by atoms with Gasteiger partial charge >= 0.3 is 0 Å². The van der Waals surface area contributed by atoms with Crippen molar-refractivity contribution in [2.75, 3.05) is 25.0 Å². The first-order valence-corrected chi connectivity index (χ1v) is 8.03. The second-order valence-corrected chi connectivity index (χ2v) is 5.89. The van der Waals surface area contributed by atoms with E-state index in [4.69, 9.17) is 5.26 Å². The van der Waals surface area contributed by atoms with Crippen LogP contribution in [0.2, 0.25) is 0 Å². The predicted octanol–water partition coefficient (Wildman–Crippen LogP) is 1.85. The molecule has 0 saturated carbocycles. The van der Waals surface area contributed by atoms with Gasteiger partial charge in [0.05, 0.1) is 0 Å². The zero-order valence-electron chi connectivity index (χ0n) is 13.4. The van der Waals surface area contributed by atoms with Crippen molar-refractivity contribution in [3.63, 3.8) is 0 Å². The van der Waals surface area contributed by atoms with Crippen molar-refractivity contribution in [3.05, 3.63) is 54.0 Å². The SMILES string of the molecule is N#Cc1nccnc1NCC1CC(=O)N(CCc2ccccc2)C1. The second-order valence-electron chi connectivity index (χ2n) is 5.89. The van der Waals surface area contributed by atoms with E-state index in [0.717, 1.165) is 19.5 Å². The van der Waals surface area contributed by atoms with Gasteiger partial charge in [-0.25, -0.2) is 9.97 Å². The van der Waals surface area contributed by atoms with Crippen LogP contribution < -0.4 is 5.32 Å². The van der Waals surface area contributed by atoms with E-state index in [1.165, 1.54) is 11.8 Å². The fourth-order valence-corrected chi connectivity index (χ4v) is 2.91. The minimum atomic E-state index is 0.192. The van der Waals surface area contributed by atoms with Crippen molar-refractivity contribution >= 4 is 11.7 Å². The summed E-state index contributed by atoms with van der Waals surface area (Å²) in [5.74, 6) is 0.898. The summed E-state index contributed by atoms with van der Waals surface area (Å²) in [6.45, 7) is 2.09. The number of rotatable bonds is 6. The van der Waals surface area contributed by atoms with Gasteiger partial charge in [-0.3, -0.25) is 4.79 Å². The topological polar surface area (TPSA) is 81.9 Å². The molecule has 2 aromatic rings. The van der Waals surface area contributed by atoms with E-state index in [1.807, 2.05) is 29.2 Å². The molecule has 1 amide bonds. The van der Waals surface area contributed by atoms with Crippen molar-refractivity contribution in [2.45, 2.75) is 12.8 Å². The minimum absolute atomic E-state index is 0.192. The predicted molar refractivity (Wildman–Crippen MR) is 90.1 cm³/mol. The molecule has 1 fully saturated rings. The summed E-state index contributed by atoms with van der Waals surface area (Å²) in [5.41, 5.74) is 1.52. The van der Waals surface area contributed by atoms with Gasteiger partial charge in [-0.1, -0.05) is 30.3 Å². The number of amides is 1. The highest BCUT2D eigenvalue weighted by Gasteiger charge is 2.29. The van der Waals surface area contributed by atoms with E-state index in [1.54, 1.807) is 6.20 Å². The number of nitrogens with zero attached hydrogens (tertiary/aromatic N) is 4. The molecule has 122 valence electrons. The van der Waals surface area contributed by atoms with Crippen LogP contribution in [0.1, 0.15) is 17.7 Å². The number of nitriles is 1. The van der Waals surface area contributed by atoms with E-state index >= 15 is 0 Å². The molecule has 0 aliphatic carbocycles. The number of anilines is 1. The lowest BCUT2D eigenvalue weighted by Crippen LogP contribution is -2.28. The number of nitrogens with one attached hydrogen (secondary N) is 1. The average Bonchev–Trinajstić information content (AvgIpc) is 2.99. The van der Waals surface area contributed by atoms with Gasteiger partial charge < -0.3 is 10.2 Å². The molecule has 0 bridgehead atoms. The Balaban J connectivity index is 1.50. The summed E-state index contributed by atoms with van der Waals surface area (Å²) >= 11 is 0. The Labute approximate surface area is 141 Å². The molecule has 3 rings (SSSR count). The van der Waals surface area contributed by atoms with Gasteiger partial charge in [-0.2, -0.15) is 5.26 Å². The van der Waals surface area contributed by atoms with Crippen LogP contribution in [-0.2, 0) is 11.2 Å². The van der Waals surface area contributed by atoms with Gasteiger partial charge in [0.2, 0.25) is 5.91 Å². The van der Waals surface area contributed by atoms with Crippen molar-refractivity contribution in [3.8, 4) is 6.07 Å². The third-order valence-corrected chi connectivity index (χ3v) is 4.17. The molecule has 0 radical (unpaired) electrons. The van der Waals surface area contributed by atoms with Crippen LogP contribution in [-0.4, -0.2) is 40.4 Å². The van der Waals surface area contributed by atoms with Crippen LogP contribution in [0.4, 0.5) is 5.82 Å². The fraction of sp³-hybridized carbons (Fsp3) is 0.333. The zero-order chi connectivity index (χ0) is 16.8. The van der Waals surface area contributed by atoms with Crippen molar-refractivity contribution in [1.29, 1.82) is 5.26 Å². The molecule has 1 atom stereocenters. The monoisotopic (exact) mass is 321 g/mol. The highest BCUT2D eigenvalue weighted by atomic mass is 16.2. The quantitative estimate of drug-likeness (QED) is 0.878. The highest BCUT2D eigenvalue weighted by Crippen LogP contribution is 2.19. The molecule has 6 nitrogen and oxygen atoms in total. The summed E-state index contributed by atoms with van der Waals surface area (Å²) in [7, 11) is 0. The molecular formula is C18H19N5O. The summed E-state index contributed by atoms with van der Waals surface area (Å²) < 4.78 is 0. The maximum atomic E-state index is 12.2. The Morgan fingerprint density at radius 2 is 2.04 bits per heavy atom. The Kier molecular flexibility index (Phi) is 5.02. The molecular weight excluding hydrogens is 302 g/mol. The first-order chi connectivity index (χ1) is 11.8. The first kappa shape index (κ1) is 15.9. The number of hydrogen-bond donors (Lipinski definition) is 1. The van der Waals surface area contributed by atoms with Crippen LogP contribution in [0, 0.1) is 17.2 Å². The summed E-state index contributed by atoms with van der Waals surface area (Å²) in [6, 6.07) is 12.2. The Morgan fingerprint density at radius 1 is 1.25 bits per heavy atom. The van der Waals surface area contributed by atoms with Crippen LogP contribution in [0.5, 0.6) is 0 Å². The maximum Gasteiger partial charge on any atom is 0.223 e. The van der Waals surface area contributed by atoms with Gasteiger partial charge in [0.25, 0.3) is 0 Å². The van der Waals surface area contributed by atoms with E-state index in [-0.39, 0.29) is 17.5 Å². The zero-order valence-corrected chi connectivity index (χ0v) is 13.4. The van der Waals surface area contributed by atoms with Gasteiger partial charge in [0.15, 0.2) is 11.5 Å². The van der Waals surface area contributed by atoms with Gasteiger partial charge in [-0.15, -0.1) is 0 Å². The Bertz CT molecular complexity index is 741. The highest BCUT2D eigenvalue weighted by molar-refractivity contribution is 5.78. The average molecular weight is 321 g/mol. The molecule has 1 aromatic carbocycles. The van der Waals surface area contributed by atoms with Gasteiger partial charge in [0, 0.05) is 44.4 Å². The molecule has 1 aromatic heterocycles. The van der Waals surface area contributed by atoms with Crippen LogP contribution in [0.3, 0.4) is 0 Å². The van der Waals surface area contributed by atoms with Crippen molar-refractivity contribution < 1.29 is 4.79 Å². The normalized spacial score (nSPS) is 16.9. The largest absolute Gasteiger partial charge is 0.367 e. The van der Waals surface area contributed by atoms with Gasteiger partial charge in [-0.05, 0) is 12.0 Å². The summed E-state index contributed by atoms with van der Waals surface area (Å²) in [5, 5.41) is 12.2. The van der Waals surface area contributed by atoms with Crippen molar-refractivity contribution in [2.24, 2.45) is 5.92 Å². The van der Waals surface area contributed by atoms with E-state index in [0.29, 0.717) is 18.8 Å². The smallest absolute Gasteiger partial charge is 0.223 e. The third-order valence-electron chi connectivity index (χ3n) is 4.17. The summed E-state index contributed by atoms with van der Waals surface area (Å²) in [6.07, 6.45) is 4.45. The minimum Gasteiger partial charge on any atom is -0.367 e. The fourth-order valence-electron chi connectivity index (χ4n) is 2.91. The van der Waals surface area contributed by atoms with Gasteiger partial charge in [0.1, 0.15) is 6.07 Å². The lowest BCUT2D eigenvalue weighted by molar-refractivity contribution is -0.127. The number of likely N-dealkylation sites (tertiary alicyclic amines) is 1. The third kappa shape index (κ3) is 3.87. The molecule has 2 heterocycles. The number of hydrogen-bond acceptors (Lipinski definition) is 5. The Morgan fingerprint density at radius 3 is 2.83 bits per heavy atom. The van der Waals surface area contributed by atoms with E-state index in [2.05, 4.69) is 27.4 Å². The maximum absolute atomic E-state index is 12.2. The lowest BCUT2D eigenvalue weighted by atomic mass is 10.1. The molecule has 6 heteroatoms. The lowest BCUT2D eigenvalue weighted by Gasteiger charge is -2.17. The molecule has 1 unspecified atom stereocenters. The molecule has 0 spiro atoms. The number of aromatic nitrogens is 2. The Hall–Kier alpha value is -2.94. The molecule has 1 saturated heterocycles. The van der Waals surface area contributed by atoms with E-state index in [9.17, 15) is 4.79 Å². The standard InChI is InChI=1S/C18H19N5O/c19-11-16-18(21-8-7-20-16)22-12-15-10-17(24)23(13-15)9-6-14-4-2-1-3-5-14/h1-5,7-8,15H,6,9-10,12-13H2,(H,21,22). The van der Waals surface area contributed by atoms with Crippen molar-refractivity contribution in [1.82, 2.24) is 14.9 Å². The first-order valence-electron chi connectivity index (χ1n) is 8.03. The number of carbonyl (C=O) groups is 1. The molecule has 1 aliphatic rings.